The van der Waals surface area contributed by atoms with Gasteiger partial charge in [0.15, 0.2) is 0 Å². The van der Waals surface area contributed by atoms with Gasteiger partial charge in [-0.05, 0) is 29.2 Å². The van der Waals surface area contributed by atoms with E-state index in [4.69, 9.17) is 4.74 Å². The Labute approximate surface area is 178 Å². The number of benzene rings is 3. The molecule has 1 aliphatic heterocycles. The number of nitrogens with zero attached hydrogens (tertiary/aromatic N) is 1. The maximum atomic E-state index is 12.3. The summed E-state index contributed by atoms with van der Waals surface area (Å²) in [6.45, 7) is 2.80. The normalized spacial score (nSPS) is 16.4. The summed E-state index contributed by atoms with van der Waals surface area (Å²) in [4.78, 5) is 14.7. The van der Waals surface area contributed by atoms with Crippen LogP contribution in [-0.4, -0.2) is 37.0 Å². The van der Waals surface area contributed by atoms with Gasteiger partial charge in [-0.15, -0.1) is 0 Å². The fraction of sp³-hybridized carbons (Fsp3) is 0.269. The van der Waals surface area contributed by atoms with Crippen molar-refractivity contribution in [1.82, 2.24) is 10.2 Å². The SMILES string of the molecule is COc1ccccc1-c1ccc(CN2CCC(NC(=O)Cc3ccccc3)C2)cc1. The van der Waals surface area contributed by atoms with E-state index in [1.807, 2.05) is 48.5 Å². The van der Waals surface area contributed by atoms with Crippen LogP contribution in [0.3, 0.4) is 0 Å². The van der Waals surface area contributed by atoms with E-state index in [1.165, 1.54) is 5.56 Å². The lowest BCUT2D eigenvalue weighted by atomic mass is 10.0. The Hall–Kier alpha value is -3.11. The van der Waals surface area contributed by atoms with Crippen LogP contribution in [0.5, 0.6) is 5.75 Å². The van der Waals surface area contributed by atoms with E-state index in [0.717, 1.165) is 48.5 Å². The van der Waals surface area contributed by atoms with Crippen molar-refractivity contribution < 1.29 is 9.53 Å². The van der Waals surface area contributed by atoms with Crippen LogP contribution in [0, 0.1) is 0 Å². The highest BCUT2D eigenvalue weighted by Gasteiger charge is 2.23. The number of hydrogen-bond donors (Lipinski definition) is 1. The number of amides is 1. The molecule has 4 heteroatoms. The molecule has 154 valence electrons. The molecule has 0 aliphatic carbocycles. The molecule has 1 N–H and O–H groups in total. The van der Waals surface area contributed by atoms with E-state index < -0.39 is 0 Å². The minimum atomic E-state index is 0.106. The van der Waals surface area contributed by atoms with Gasteiger partial charge in [-0.25, -0.2) is 0 Å². The van der Waals surface area contributed by atoms with E-state index in [1.54, 1.807) is 7.11 Å². The number of ether oxygens (including phenoxy) is 1. The molecule has 1 unspecified atom stereocenters. The van der Waals surface area contributed by atoms with Crippen molar-refractivity contribution in [2.24, 2.45) is 0 Å². The maximum Gasteiger partial charge on any atom is 0.224 e. The first-order valence-corrected chi connectivity index (χ1v) is 10.5. The zero-order valence-electron chi connectivity index (χ0n) is 17.4. The monoisotopic (exact) mass is 400 g/mol. The number of carbonyl (C=O) groups excluding carboxylic acids is 1. The van der Waals surface area contributed by atoms with Crippen LogP contribution in [-0.2, 0) is 17.8 Å². The van der Waals surface area contributed by atoms with Gasteiger partial charge in [0.05, 0.1) is 13.5 Å². The lowest BCUT2D eigenvalue weighted by Gasteiger charge is -2.17. The predicted octanol–water partition coefficient (Wildman–Crippen LogP) is 4.30. The van der Waals surface area contributed by atoms with Crippen LogP contribution in [0.2, 0.25) is 0 Å². The van der Waals surface area contributed by atoms with Crippen LogP contribution < -0.4 is 10.1 Å². The summed E-state index contributed by atoms with van der Waals surface area (Å²) >= 11 is 0. The quantitative estimate of drug-likeness (QED) is 0.643. The van der Waals surface area contributed by atoms with Gasteiger partial charge in [-0.1, -0.05) is 72.8 Å². The molecule has 1 fully saturated rings. The average Bonchev–Trinajstić information content (AvgIpc) is 3.21. The average molecular weight is 401 g/mol. The number of hydrogen-bond acceptors (Lipinski definition) is 3. The molecule has 4 nitrogen and oxygen atoms in total. The van der Waals surface area contributed by atoms with Gasteiger partial charge in [0.25, 0.3) is 0 Å². The topological polar surface area (TPSA) is 41.6 Å². The van der Waals surface area contributed by atoms with Crippen LogP contribution in [0.1, 0.15) is 17.5 Å². The predicted molar refractivity (Wildman–Crippen MR) is 120 cm³/mol. The number of rotatable bonds is 7. The Bertz CT molecular complexity index is 970. The Morgan fingerprint density at radius 3 is 2.47 bits per heavy atom. The summed E-state index contributed by atoms with van der Waals surface area (Å²) in [7, 11) is 1.70. The maximum absolute atomic E-state index is 12.3. The molecule has 3 aromatic carbocycles. The molecule has 0 bridgehead atoms. The third kappa shape index (κ3) is 5.08. The molecule has 1 saturated heterocycles. The third-order valence-corrected chi connectivity index (χ3v) is 5.62. The number of likely N-dealkylation sites (tertiary alicyclic amines) is 1. The minimum absolute atomic E-state index is 0.106. The summed E-state index contributed by atoms with van der Waals surface area (Å²) in [5, 5.41) is 3.19. The van der Waals surface area contributed by atoms with Crippen LogP contribution in [0.15, 0.2) is 78.9 Å². The van der Waals surface area contributed by atoms with Crippen molar-refractivity contribution in [2.75, 3.05) is 20.2 Å². The third-order valence-electron chi connectivity index (χ3n) is 5.62. The number of carbonyl (C=O) groups is 1. The highest BCUT2D eigenvalue weighted by atomic mass is 16.5. The van der Waals surface area contributed by atoms with Crippen LogP contribution >= 0.6 is 0 Å². The fourth-order valence-electron chi connectivity index (χ4n) is 4.09. The Morgan fingerprint density at radius 2 is 1.70 bits per heavy atom. The van der Waals surface area contributed by atoms with Gasteiger partial charge in [-0.2, -0.15) is 0 Å². The Kier molecular flexibility index (Phi) is 6.45. The van der Waals surface area contributed by atoms with Crippen molar-refractivity contribution in [3.8, 4) is 16.9 Å². The summed E-state index contributed by atoms with van der Waals surface area (Å²) in [6.07, 6.45) is 1.45. The van der Waals surface area contributed by atoms with Gasteiger partial charge >= 0.3 is 0 Å². The molecule has 0 spiro atoms. The van der Waals surface area contributed by atoms with E-state index >= 15 is 0 Å². The number of methoxy groups -OCH3 is 1. The second-order valence-corrected chi connectivity index (χ2v) is 7.85. The van der Waals surface area contributed by atoms with Crippen LogP contribution in [0.4, 0.5) is 0 Å². The molecule has 3 aromatic rings. The highest BCUT2D eigenvalue weighted by molar-refractivity contribution is 5.78. The van der Waals surface area contributed by atoms with E-state index in [-0.39, 0.29) is 11.9 Å². The first-order chi connectivity index (χ1) is 14.7. The van der Waals surface area contributed by atoms with E-state index in [2.05, 4.69) is 40.5 Å². The Morgan fingerprint density at radius 1 is 0.967 bits per heavy atom. The van der Waals surface area contributed by atoms with Gasteiger partial charge in [-0.3, -0.25) is 9.69 Å². The lowest BCUT2D eigenvalue weighted by Crippen LogP contribution is -2.37. The van der Waals surface area contributed by atoms with E-state index in [0.29, 0.717) is 6.42 Å². The molecule has 0 saturated carbocycles. The molecule has 1 amide bonds. The summed E-state index contributed by atoms with van der Waals surface area (Å²) in [6, 6.07) is 26.9. The minimum Gasteiger partial charge on any atom is -0.496 e. The zero-order chi connectivity index (χ0) is 20.8. The lowest BCUT2D eigenvalue weighted by molar-refractivity contribution is -0.121. The molecule has 1 atom stereocenters. The summed E-state index contributed by atoms with van der Waals surface area (Å²) in [5.41, 5.74) is 4.60. The molecular weight excluding hydrogens is 372 g/mol. The van der Waals surface area contributed by atoms with Gasteiger partial charge < -0.3 is 10.1 Å². The second-order valence-electron chi connectivity index (χ2n) is 7.85. The standard InChI is InChI=1S/C26H28N2O2/c1-30-25-10-6-5-9-24(25)22-13-11-21(12-14-22)18-28-16-15-23(19-28)27-26(29)17-20-7-3-2-4-8-20/h2-14,23H,15-19H2,1H3,(H,27,29). The molecule has 1 heterocycles. The number of nitrogens with one attached hydrogen (secondary N) is 1. The largest absolute Gasteiger partial charge is 0.496 e. The van der Waals surface area contributed by atoms with Gasteiger partial charge in [0.2, 0.25) is 5.91 Å². The molecule has 1 aliphatic rings. The molecule has 0 aromatic heterocycles. The van der Waals surface area contributed by atoms with Crippen molar-refractivity contribution in [2.45, 2.75) is 25.4 Å². The zero-order valence-corrected chi connectivity index (χ0v) is 17.4. The van der Waals surface area contributed by atoms with Crippen molar-refractivity contribution >= 4 is 5.91 Å². The first kappa shape index (κ1) is 20.2. The van der Waals surface area contributed by atoms with Crippen molar-refractivity contribution in [1.29, 1.82) is 0 Å². The Balaban J connectivity index is 1.30. The molecule has 30 heavy (non-hydrogen) atoms. The smallest absolute Gasteiger partial charge is 0.224 e. The molecule has 0 radical (unpaired) electrons. The van der Waals surface area contributed by atoms with Gasteiger partial charge in [0, 0.05) is 31.2 Å². The molecular formula is C26H28N2O2. The number of para-hydroxylation sites is 1. The molecule has 4 rings (SSSR count). The second kappa shape index (κ2) is 9.59. The summed E-state index contributed by atoms with van der Waals surface area (Å²) in [5.74, 6) is 0.994. The summed E-state index contributed by atoms with van der Waals surface area (Å²) < 4.78 is 5.48. The highest BCUT2D eigenvalue weighted by Crippen LogP contribution is 2.29. The van der Waals surface area contributed by atoms with Crippen LogP contribution in [0.25, 0.3) is 11.1 Å². The fourth-order valence-corrected chi connectivity index (χ4v) is 4.09. The first-order valence-electron chi connectivity index (χ1n) is 10.5. The van der Waals surface area contributed by atoms with Crippen molar-refractivity contribution in [3.05, 3.63) is 90.0 Å². The van der Waals surface area contributed by atoms with E-state index in [9.17, 15) is 4.79 Å². The van der Waals surface area contributed by atoms with Crippen molar-refractivity contribution in [3.63, 3.8) is 0 Å². The van der Waals surface area contributed by atoms with Gasteiger partial charge in [0.1, 0.15) is 5.75 Å².